The molecule has 0 aromatic heterocycles. The SMILES string of the molecule is CC1(C)CCCCN1S(N)(=O)=O. The van der Waals surface area contributed by atoms with Crippen molar-refractivity contribution in [3.05, 3.63) is 0 Å². The Morgan fingerprint density at radius 2 is 1.92 bits per heavy atom. The molecule has 0 atom stereocenters. The lowest BCUT2D eigenvalue weighted by Crippen LogP contribution is -2.52. The predicted molar refractivity (Wildman–Crippen MR) is 47.7 cm³/mol. The summed E-state index contributed by atoms with van der Waals surface area (Å²) >= 11 is 0. The van der Waals surface area contributed by atoms with Gasteiger partial charge in [0.25, 0.3) is 10.2 Å². The molecule has 1 aliphatic rings. The van der Waals surface area contributed by atoms with E-state index in [4.69, 9.17) is 5.14 Å². The molecule has 4 nitrogen and oxygen atoms in total. The van der Waals surface area contributed by atoms with Crippen LogP contribution in [-0.2, 0) is 10.2 Å². The summed E-state index contributed by atoms with van der Waals surface area (Å²) in [5, 5.41) is 5.08. The van der Waals surface area contributed by atoms with E-state index in [-0.39, 0.29) is 5.54 Å². The van der Waals surface area contributed by atoms with Crippen molar-refractivity contribution < 1.29 is 8.42 Å². The van der Waals surface area contributed by atoms with Crippen LogP contribution in [0.25, 0.3) is 0 Å². The van der Waals surface area contributed by atoms with Gasteiger partial charge in [0.1, 0.15) is 0 Å². The molecule has 72 valence electrons. The minimum absolute atomic E-state index is 0.300. The normalized spacial score (nSPS) is 25.6. The zero-order chi connectivity index (χ0) is 9.41. The molecule has 0 bridgehead atoms. The van der Waals surface area contributed by atoms with Crippen LogP contribution in [0.1, 0.15) is 33.1 Å². The maximum absolute atomic E-state index is 11.1. The van der Waals surface area contributed by atoms with Gasteiger partial charge in [-0.1, -0.05) is 6.42 Å². The number of rotatable bonds is 1. The minimum Gasteiger partial charge on any atom is -0.216 e. The molecule has 1 rings (SSSR count). The van der Waals surface area contributed by atoms with Crippen LogP contribution in [0.3, 0.4) is 0 Å². The van der Waals surface area contributed by atoms with Crippen molar-refractivity contribution in [2.75, 3.05) is 6.54 Å². The van der Waals surface area contributed by atoms with E-state index in [1.807, 2.05) is 13.8 Å². The second-order valence-corrected chi connectivity index (χ2v) is 5.36. The van der Waals surface area contributed by atoms with E-state index in [2.05, 4.69) is 0 Å². The summed E-state index contributed by atoms with van der Waals surface area (Å²) in [7, 11) is -3.50. The third-order valence-corrected chi connectivity index (χ3v) is 3.67. The molecule has 2 N–H and O–H groups in total. The number of nitrogens with zero attached hydrogens (tertiary/aromatic N) is 1. The molecular weight excluding hydrogens is 176 g/mol. The highest BCUT2D eigenvalue weighted by Gasteiger charge is 2.35. The molecule has 0 radical (unpaired) electrons. The van der Waals surface area contributed by atoms with Crippen LogP contribution in [0.15, 0.2) is 0 Å². The van der Waals surface area contributed by atoms with Crippen LogP contribution in [-0.4, -0.2) is 24.8 Å². The first-order valence-electron chi connectivity index (χ1n) is 4.14. The fourth-order valence-corrected chi connectivity index (χ4v) is 2.88. The molecule has 1 saturated heterocycles. The third kappa shape index (κ3) is 1.97. The van der Waals surface area contributed by atoms with E-state index in [9.17, 15) is 8.42 Å². The molecule has 0 amide bonds. The summed E-state index contributed by atoms with van der Waals surface area (Å²) in [5.74, 6) is 0. The molecule has 5 heteroatoms. The van der Waals surface area contributed by atoms with Crippen molar-refractivity contribution in [1.82, 2.24) is 4.31 Å². The molecule has 0 aromatic rings. The average Bonchev–Trinajstić information content (AvgIpc) is 1.83. The molecule has 1 heterocycles. The van der Waals surface area contributed by atoms with Crippen LogP contribution in [0, 0.1) is 0 Å². The first-order valence-corrected chi connectivity index (χ1v) is 5.65. The van der Waals surface area contributed by atoms with Gasteiger partial charge in [0.15, 0.2) is 0 Å². The van der Waals surface area contributed by atoms with Crippen molar-refractivity contribution >= 4 is 10.2 Å². The van der Waals surface area contributed by atoms with Crippen LogP contribution < -0.4 is 5.14 Å². The number of piperidine rings is 1. The van der Waals surface area contributed by atoms with Crippen molar-refractivity contribution in [3.8, 4) is 0 Å². The largest absolute Gasteiger partial charge is 0.277 e. The van der Waals surface area contributed by atoms with Gasteiger partial charge in [-0.15, -0.1) is 0 Å². The Hall–Kier alpha value is -0.130. The van der Waals surface area contributed by atoms with Crippen LogP contribution in [0.2, 0.25) is 0 Å². The zero-order valence-corrected chi connectivity index (χ0v) is 8.39. The summed E-state index contributed by atoms with van der Waals surface area (Å²) in [6.45, 7) is 4.39. The van der Waals surface area contributed by atoms with Gasteiger partial charge in [-0.05, 0) is 26.7 Å². The molecule has 1 aliphatic heterocycles. The van der Waals surface area contributed by atoms with Gasteiger partial charge in [-0.2, -0.15) is 12.7 Å². The molecular formula is C7H16N2O2S. The lowest BCUT2D eigenvalue weighted by atomic mass is 9.93. The first kappa shape index (κ1) is 9.95. The van der Waals surface area contributed by atoms with E-state index >= 15 is 0 Å². The van der Waals surface area contributed by atoms with Gasteiger partial charge in [-0.25, -0.2) is 5.14 Å². The Morgan fingerprint density at radius 1 is 1.33 bits per heavy atom. The van der Waals surface area contributed by atoms with Gasteiger partial charge >= 0.3 is 0 Å². The Labute approximate surface area is 73.9 Å². The van der Waals surface area contributed by atoms with Crippen LogP contribution in [0.4, 0.5) is 0 Å². The Morgan fingerprint density at radius 3 is 2.25 bits per heavy atom. The Bertz CT molecular complexity index is 259. The van der Waals surface area contributed by atoms with Gasteiger partial charge < -0.3 is 0 Å². The first-order chi connectivity index (χ1) is 5.34. The minimum atomic E-state index is -3.50. The summed E-state index contributed by atoms with van der Waals surface area (Å²) in [5.41, 5.74) is -0.300. The topological polar surface area (TPSA) is 63.4 Å². The maximum atomic E-state index is 11.1. The van der Waals surface area contributed by atoms with Crippen LogP contribution >= 0.6 is 0 Å². The van der Waals surface area contributed by atoms with Crippen molar-refractivity contribution in [2.24, 2.45) is 5.14 Å². The highest BCUT2D eigenvalue weighted by molar-refractivity contribution is 7.86. The van der Waals surface area contributed by atoms with E-state index in [0.717, 1.165) is 19.3 Å². The number of nitrogens with two attached hydrogens (primary N) is 1. The average molecular weight is 192 g/mol. The van der Waals surface area contributed by atoms with Gasteiger partial charge in [0, 0.05) is 12.1 Å². The third-order valence-electron chi connectivity index (χ3n) is 2.38. The Balaban J connectivity index is 2.88. The van der Waals surface area contributed by atoms with Crippen molar-refractivity contribution in [2.45, 2.75) is 38.6 Å². The van der Waals surface area contributed by atoms with E-state index < -0.39 is 10.2 Å². The lowest BCUT2D eigenvalue weighted by Gasteiger charge is -2.39. The van der Waals surface area contributed by atoms with Crippen molar-refractivity contribution in [3.63, 3.8) is 0 Å². The second-order valence-electron chi connectivity index (χ2n) is 3.89. The highest BCUT2D eigenvalue weighted by atomic mass is 32.2. The molecule has 1 fully saturated rings. The fraction of sp³-hybridized carbons (Fsp3) is 1.00. The van der Waals surface area contributed by atoms with E-state index in [1.165, 1.54) is 4.31 Å². The summed E-state index contributed by atoms with van der Waals surface area (Å²) in [6.07, 6.45) is 2.89. The molecule has 12 heavy (non-hydrogen) atoms. The van der Waals surface area contributed by atoms with Gasteiger partial charge in [0.2, 0.25) is 0 Å². The monoisotopic (exact) mass is 192 g/mol. The standard InChI is InChI=1S/C7H16N2O2S/c1-7(2)5-3-4-6-9(7)12(8,10)11/h3-6H2,1-2H3,(H2,8,10,11). The number of hydrogen-bond acceptors (Lipinski definition) is 2. The van der Waals surface area contributed by atoms with Gasteiger partial charge in [0.05, 0.1) is 0 Å². The van der Waals surface area contributed by atoms with E-state index in [0.29, 0.717) is 6.54 Å². The van der Waals surface area contributed by atoms with Crippen LogP contribution in [0.5, 0.6) is 0 Å². The zero-order valence-electron chi connectivity index (χ0n) is 7.58. The Kier molecular flexibility index (Phi) is 2.47. The molecule has 0 aromatic carbocycles. The van der Waals surface area contributed by atoms with Gasteiger partial charge in [-0.3, -0.25) is 0 Å². The molecule has 0 saturated carbocycles. The summed E-state index contributed by atoms with van der Waals surface area (Å²) < 4.78 is 23.6. The quantitative estimate of drug-likeness (QED) is 0.655. The molecule has 0 aliphatic carbocycles. The molecule has 0 spiro atoms. The fourth-order valence-electron chi connectivity index (χ4n) is 1.71. The smallest absolute Gasteiger partial charge is 0.216 e. The molecule has 0 unspecified atom stereocenters. The second kappa shape index (κ2) is 2.97. The summed E-state index contributed by atoms with van der Waals surface area (Å²) in [4.78, 5) is 0. The van der Waals surface area contributed by atoms with Crippen molar-refractivity contribution in [1.29, 1.82) is 0 Å². The highest BCUT2D eigenvalue weighted by Crippen LogP contribution is 2.28. The predicted octanol–water partition coefficient (Wildman–Crippen LogP) is 0.454. The maximum Gasteiger partial charge on any atom is 0.277 e. The number of hydrogen-bond donors (Lipinski definition) is 1. The lowest BCUT2D eigenvalue weighted by molar-refractivity contribution is 0.170. The van der Waals surface area contributed by atoms with E-state index in [1.54, 1.807) is 0 Å². The summed E-state index contributed by atoms with van der Waals surface area (Å²) in [6, 6.07) is 0.